The van der Waals surface area contributed by atoms with Crippen LogP contribution in [0.2, 0.25) is 0 Å². The quantitative estimate of drug-likeness (QED) is 0.536. The minimum Gasteiger partial charge on any atom is -0.288 e. The molecule has 0 aliphatic rings. The Hall–Kier alpha value is -4.12. The lowest BCUT2D eigenvalue weighted by atomic mass is 10.0. The van der Waals surface area contributed by atoms with Crippen molar-refractivity contribution in [2.45, 2.75) is 0 Å². The summed E-state index contributed by atoms with van der Waals surface area (Å²) in [5.74, 6) is -0.637. The molecule has 0 spiro atoms. The maximum atomic E-state index is 13.1. The number of rotatable bonds is 5. The van der Waals surface area contributed by atoms with E-state index in [0.717, 1.165) is 0 Å². The number of para-hydroxylation sites is 1. The molecular weight excluding hydrogens is 362 g/mol. The molecule has 1 heterocycles. The highest BCUT2D eigenvalue weighted by atomic mass is 16.1. The molecule has 4 aromatic rings. The molecule has 29 heavy (non-hydrogen) atoms. The monoisotopic (exact) mass is 379 g/mol. The Bertz CT molecular complexity index is 1230. The number of nitrogens with one attached hydrogen (secondary N) is 1. The summed E-state index contributed by atoms with van der Waals surface area (Å²) in [6.45, 7) is 0. The number of hydrogen-bond donors (Lipinski definition) is 1. The number of ketones is 2. The van der Waals surface area contributed by atoms with Crippen LogP contribution < -0.4 is 5.49 Å². The third-order valence-corrected chi connectivity index (χ3v) is 4.51. The van der Waals surface area contributed by atoms with Crippen molar-refractivity contribution < 1.29 is 9.59 Å². The SMILES string of the molecule is N=c1c(C(=O)c2ccccc2)cc(C(=O)c2ccccc2)nn1-c1ccccc1. The lowest BCUT2D eigenvalue weighted by molar-refractivity contribution is 0.103. The molecule has 0 saturated carbocycles. The molecule has 140 valence electrons. The second kappa shape index (κ2) is 7.86. The standard InChI is InChI=1S/C24H17N3O2/c25-24-20(22(28)17-10-4-1-5-11-17)16-21(23(29)18-12-6-2-7-13-18)26-27(24)19-14-8-3-9-15-19/h1-16,25H. The lowest BCUT2D eigenvalue weighted by Crippen LogP contribution is -2.30. The number of nitrogens with zero attached hydrogens (tertiary/aromatic N) is 2. The molecule has 0 atom stereocenters. The topological polar surface area (TPSA) is 75.8 Å². The maximum absolute atomic E-state index is 13.1. The molecular formula is C24H17N3O2. The van der Waals surface area contributed by atoms with Gasteiger partial charge in [0.1, 0.15) is 5.69 Å². The van der Waals surface area contributed by atoms with Gasteiger partial charge in [0.15, 0.2) is 11.3 Å². The van der Waals surface area contributed by atoms with Crippen molar-refractivity contribution in [1.82, 2.24) is 9.78 Å². The van der Waals surface area contributed by atoms with Gasteiger partial charge in [-0.1, -0.05) is 78.9 Å². The normalized spacial score (nSPS) is 10.5. The zero-order chi connectivity index (χ0) is 20.2. The Balaban J connectivity index is 1.92. The first-order chi connectivity index (χ1) is 14.1. The molecule has 0 unspecified atom stereocenters. The van der Waals surface area contributed by atoms with Gasteiger partial charge in [0.05, 0.1) is 11.3 Å². The van der Waals surface area contributed by atoms with Crippen LogP contribution in [0.15, 0.2) is 97.1 Å². The van der Waals surface area contributed by atoms with Crippen LogP contribution in [0.4, 0.5) is 0 Å². The molecule has 1 N–H and O–H groups in total. The molecule has 1 aromatic heterocycles. The van der Waals surface area contributed by atoms with E-state index in [0.29, 0.717) is 16.8 Å². The molecule has 0 bridgehead atoms. The van der Waals surface area contributed by atoms with E-state index < -0.39 is 0 Å². The summed E-state index contributed by atoms with van der Waals surface area (Å²) in [5.41, 5.74) is 1.67. The van der Waals surface area contributed by atoms with E-state index in [1.807, 2.05) is 30.3 Å². The van der Waals surface area contributed by atoms with Crippen molar-refractivity contribution in [2.24, 2.45) is 0 Å². The fraction of sp³-hybridized carbons (Fsp3) is 0. The number of carbonyl (C=O) groups excluding carboxylic acids is 2. The van der Waals surface area contributed by atoms with Gasteiger partial charge in [0, 0.05) is 11.1 Å². The van der Waals surface area contributed by atoms with Crippen molar-refractivity contribution in [1.29, 1.82) is 5.41 Å². The molecule has 5 nitrogen and oxygen atoms in total. The number of benzene rings is 3. The summed E-state index contributed by atoms with van der Waals surface area (Å²) < 4.78 is 1.33. The summed E-state index contributed by atoms with van der Waals surface area (Å²) >= 11 is 0. The predicted octanol–water partition coefficient (Wildman–Crippen LogP) is 3.81. The van der Waals surface area contributed by atoms with Crippen LogP contribution in [0.1, 0.15) is 32.0 Å². The van der Waals surface area contributed by atoms with E-state index >= 15 is 0 Å². The van der Waals surface area contributed by atoms with E-state index in [-0.39, 0.29) is 28.3 Å². The smallest absolute Gasteiger partial charge is 0.213 e. The molecule has 0 fully saturated rings. The molecule has 0 aliphatic heterocycles. The first kappa shape index (κ1) is 18.3. The highest BCUT2D eigenvalue weighted by Gasteiger charge is 2.19. The van der Waals surface area contributed by atoms with E-state index in [1.54, 1.807) is 60.7 Å². The van der Waals surface area contributed by atoms with E-state index in [9.17, 15) is 9.59 Å². The van der Waals surface area contributed by atoms with E-state index in [4.69, 9.17) is 5.41 Å². The van der Waals surface area contributed by atoms with Crippen LogP contribution in [-0.4, -0.2) is 21.3 Å². The second-order valence-corrected chi connectivity index (χ2v) is 6.43. The summed E-state index contributed by atoms with van der Waals surface area (Å²) in [4.78, 5) is 26.1. The van der Waals surface area contributed by atoms with E-state index in [2.05, 4.69) is 5.10 Å². The average molecular weight is 379 g/mol. The number of aromatic nitrogens is 2. The lowest BCUT2D eigenvalue weighted by Gasteiger charge is -2.12. The van der Waals surface area contributed by atoms with Gasteiger partial charge < -0.3 is 0 Å². The van der Waals surface area contributed by atoms with Gasteiger partial charge in [-0.05, 0) is 18.2 Å². The molecule has 0 amide bonds. The first-order valence-corrected chi connectivity index (χ1v) is 9.09. The molecule has 3 aromatic carbocycles. The van der Waals surface area contributed by atoms with Crippen molar-refractivity contribution in [3.63, 3.8) is 0 Å². The van der Waals surface area contributed by atoms with Crippen LogP contribution in [-0.2, 0) is 0 Å². The average Bonchev–Trinajstić information content (AvgIpc) is 2.80. The van der Waals surface area contributed by atoms with Crippen LogP contribution in [0.3, 0.4) is 0 Å². The Labute approximate surface area is 167 Å². The Morgan fingerprint density at radius 2 is 1.17 bits per heavy atom. The Kier molecular flexibility index (Phi) is 4.95. The van der Waals surface area contributed by atoms with Gasteiger partial charge in [-0.15, -0.1) is 0 Å². The summed E-state index contributed by atoms with van der Waals surface area (Å²) in [7, 11) is 0. The molecule has 0 aliphatic carbocycles. The zero-order valence-corrected chi connectivity index (χ0v) is 15.4. The van der Waals surface area contributed by atoms with Crippen molar-refractivity contribution in [3.8, 4) is 5.69 Å². The van der Waals surface area contributed by atoms with Crippen LogP contribution in [0.5, 0.6) is 0 Å². The largest absolute Gasteiger partial charge is 0.288 e. The highest BCUT2D eigenvalue weighted by molar-refractivity contribution is 6.12. The molecule has 5 heteroatoms. The van der Waals surface area contributed by atoms with Crippen molar-refractivity contribution >= 4 is 11.6 Å². The summed E-state index contributed by atoms with van der Waals surface area (Å²) in [5, 5.41) is 13.0. The second-order valence-electron chi connectivity index (χ2n) is 6.43. The first-order valence-electron chi connectivity index (χ1n) is 9.09. The number of carbonyl (C=O) groups is 2. The maximum Gasteiger partial charge on any atom is 0.213 e. The van der Waals surface area contributed by atoms with Gasteiger partial charge >= 0.3 is 0 Å². The number of hydrogen-bond acceptors (Lipinski definition) is 4. The van der Waals surface area contributed by atoms with Crippen LogP contribution >= 0.6 is 0 Å². The predicted molar refractivity (Wildman–Crippen MR) is 109 cm³/mol. The minimum atomic E-state index is -0.329. The summed E-state index contributed by atoms with van der Waals surface area (Å²) in [6, 6.07) is 27.9. The van der Waals surface area contributed by atoms with Crippen molar-refractivity contribution in [3.05, 3.63) is 125 Å². The van der Waals surface area contributed by atoms with Crippen LogP contribution in [0, 0.1) is 5.41 Å². The minimum absolute atomic E-state index is 0.0744. The zero-order valence-electron chi connectivity index (χ0n) is 15.4. The fourth-order valence-corrected chi connectivity index (χ4v) is 3.03. The van der Waals surface area contributed by atoms with Gasteiger partial charge in [0.25, 0.3) is 0 Å². The third-order valence-electron chi connectivity index (χ3n) is 4.51. The van der Waals surface area contributed by atoms with Gasteiger partial charge in [0.2, 0.25) is 5.78 Å². The van der Waals surface area contributed by atoms with Gasteiger partial charge in [-0.2, -0.15) is 5.10 Å². The van der Waals surface area contributed by atoms with Crippen LogP contribution in [0.25, 0.3) is 5.69 Å². The Morgan fingerprint density at radius 1 is 0.690 bits per heavy atom. The molecule has 4 rings (SSSR count). The molecule has 0 radical (unpaired) electrons. The fourth-order valence-electron chi connectivity index (χ4n) is 3.03. The highest BCUT2D eigenvalue weighted by Crippen LogP contribution is 2.13. The summed E-state index contributed by atoms with van der Waals surface area (Å²) in [6.07, 6.45) is 0. The van der Waals surface area contributed by atoms with E-state index in [1.165, 1.54) is 10.7 Å². The van der Waals surface area contributed by atoms with Gasteiger partial charge in [-0.3, -0.25) is 15.0 Å². The molecule has 0 saturated heterocycles. The van der Waals surface area contributed by atoms with Crippen molar-refractivity contribution in [2.75, 3.05) is 0 Å². The third kappa shape index (κ3) is 3.66. The Morgan fingerprint density at radius 3 is 1.72 bits per heavy atom. The van der Waals surface area contributed by atoms with Gasteiger partial charge in [-0.25, -0.2) is 4.68 Å².